The predicted molar refractivity (Wildman–Crippen MR) is 157 cm³/mol. The Morgan fingerprint density at radius 3 is 2.74 bits per heavy atom. The standard InChI is InChI=1S/C30H25ClN4OS2/c1-19-9-14-24-25(17-32)30(38-26(24)16-19)35-29(36)27(20-6-3-2-4-7-20)37-23-12-10-22(11-13-23)34-18-21-8-5-15-33-28(21)31/h2-8,10-13,15,18-19,27H,9,14,16H2,1H3,(H,35,36)/t19-,27-/m0/s1. The molecule has 5 nitrogen and oxygen atoms in total. The molecule has 0 spiro atoms. The molecule has 0 aliphatic heterocycles. The molecule has 0 radical (unpaired) electrons. The van der Waals surface area contributed by atoms with Crippen LogP contribution in [0.15, 0.2) is 82.8 Å². The molecule has 190 valence electrons. The number of anilines is 1. The van der Waals surface area contributed by atoms with Crippen molar-refractivity contribution in [2.75, 3.05) is 5.32 Å². The van der Waals surface area contributed by atoms with Gasteiger partial charge in [-0.1, -0.05) is 48.9 Å². The zero-order valence-electron chi connectivity index (χ0n) is 20.7. The fraction of sp³-hybridized carbons (Fsp3) is 0.200. The highest BCUT2D eigenvalue weighted by Gasteiger charge is 2.28. The van der Waals surface area contributed by atoms with E-state index in [2.05, 4.69) is 28.3 Å². The van der Waals surface area contributed by atoms with Gasteiger partial charge in [0.25, 0.3) is 0 Å². The van der Waals surface area contributed by atoms with Gasteiger partial charge in [-0.2, -0.15) is 5.26 Å². The quantitative estimate of drug-likeness (QED) is 0.142. The number of carbonyl (C=O) groups excluding carboxylic acids is 1. The summed E-state index contributed by atoms with van der Waals surface area (Å²) in [6.07, 6.45) is 6.25. The number of halogens is 1. The monoisotopic (exact) mass is 556 g/mol. The number of rotatable bonds is 7. The molecular formula is C30H25ClN4OS2. The van der Waals surface area contributed by atoms with Crippen LogP contribution in [-0.2, 0) is 17.6 Å². The molecule has 1 N–H and O–H groups in total. The number of nitriles is 1. The van der Waals surface area contributed by atoms with Gasteiger partial charge in [-0.3, -0.25) is 9.79 Å². The molecule has 0 unspecified atom stereocenters. The van der Waals surface area contributed by atoms with Crippen molar-refractivity contribution in [2.24, 2.45) is 10.9 Å². The van der Waals surface area contributed by atoms with E-state index in [1.807, 2.05) is 66.7 Å². The molecule has 0 saturated carbocycles. The summed E-state index contributed by atoms with van der Waals surface area (Å²) >= 11 is 9.13. The SMILES string of the molecule is C[C@H]1CCc2c(sc(NC(=O)[C@@H](Sc3ccc(N=Cc4cccnc4Cl)cc3)c3ccccc3)c2C#N)C1. The summed E-state index contributed by atoms with van der Waals surface area (Å²) < 4.78 is 0. The number of aliphatic imine (C=N–C) groups is 1. The molecule has 0 fully saturated rings. The molecule has 1 aliphatic rings. The minimum absolute atomic E-state index is 0.141. The van der Waals surface area contributed by atoms with Crippen LogP contribution in [0.5, 0.6) is 0 Å². The van der Waals surface area contributed by atoms with E-state index in [0.717, 1.165) is 46.5 Å². The lowest BCUT2D eigenvalue weighted by atomic mass is 9.88. The fourth-order valence-corrected chi connectivity index (χ4v) is 6.98. The van der Waals surface area contributed by atoms with E-state index in [4.69, 9.17) is 11.6 Å². The molecule has 4 aromatic rings. The molecule has 1 aliphatic carbocycles. The molecule has 38 heavy (non-hydrogen) atoms. The van der Waals surface area contributed by atoms with Gasteiger partial charge < -0.3 is 5.32 Å². The van der Waals surface area contributed by atoms with Crippen LogP contribution in [0.1, 0.15) is 45.7 Å². The van der Waals surface area contributed by atoms with E-state index in [9.17, 15) is 10.1 Å². The zero-order valence-corrected chi connectivity index (χ0v) is 23.1. The maximum atomic E-state index is 13.6. The highest BCUT2D eigenvalue weighted by atomic mass is 35.5. The summed E-state index contributed by atoms with van der Waals surface area (Å²) in [4.78, 5) is 24.4. The van der Waals surface area contributed by atoms with E-state index in [1.54, 1.807) is 23.7 Å². The zero-order chi connectivity index (χ0) is 26.5. The number of hydrogen-bond donors (Lipinski definition) is 1. The predicted octanol–water partition coefficient (Wildman–Crippen LogP) is 8.02. The van der Waals surface area contributed by atoms with Crippen molar-refractivity contribution in [3.8, 4) is 6.07 Å². The summed E-state index contributed by atoms with van der Waals surface area (Å²) in [5.74, 6) is 0.454. The first-order chi connectivity index (χ1) is 18.5. The van der Waals surface area contributed by atoms with Gasteiger partial charge in [0.2, 0.25) is 5.91 Å². The fourth-order valence-electron chi connectivity index (χ4n) is 4.42. The molecule has 2 aromatic carbocycles. The van der Waals surface area contributed by atoms with Crippen LogP contribution in [0.25, 0.3) is 0 Å². The average Bonchev–Trinajstić information content (AvgIpc) is 3.28. The third kappa shape index (κ3) is 5.99. The van der Waals surface area contributed by atoms with E-state index in [0.29, 0.717) is 21.6 Å². The van der Waals surface area contributed by atoms with Gasteiger partial charge in [0, 0.05) is 27.7 Å². The van der Waals surface area contributed by atoms with Gasteiger partial charge in [-0.05, 0) is 72.7 Å². The highest BCUT2D eigenvalue weighted by Crippen LogP contribution is 2.41. The normalized spacial score (nSPS) is 15.6. The molecule has 5 rings (SSSR count). The minimum atomic E-state index is -0.482. The maximum absolute atomic E-state index is 13.6. The first-order valence-electron chi connectivity index (χ1n) is 12.3. The molecular weight excluding hydrogens is 532 g/mol. The van der Waals surface area contributed by atoms with Crippen molar-refractivity contribution in [1.82, 2.24) is 4.98 Å². The Balaban J connectivity index is 1.36. The van der Waals surface area contributed by atoms with Crippen LogP contribution in [0.3, 0.4) is 0 Å². The van der Waals surface area contributed by atoms with Gasteiger partial charge in [0.1, 0.15) is 21.5 Å². The first-order valence-corrected chi connectivity index (χ1v) is 14.4. The second kappa shape index (κ2) is 12.0. The lowest BCUT2D eigenvalue weighted by Gasteiger charge is -2.17. The number of thiophene rings is 1. The van der Waals surface area contributed by atoms with Gasteiger partial charge in [-0.25, -0.2) is 4.98 Å². The second-order valence-electron chi connectivity index (χ2n) is 9.20. The topological polar surface area (TPSA) is 78.1 Å². The smallest absolute Gasteiger partial charge is 0.243 e. The third-order valence-electron chi connectivity index (χ3n) is 6.43. The molecule has 1 amide bonds. The van der Waals surface area contributed by atoms with Crippen molar-refractivity contribution < 1.29 is 4.79 Å². The Kier molecular flexibility index (Phi) is 8.23. The van der Waals surface area contributed by atoms with Crippen LogP contribution in [0.2, 0.25) is 5.15 Å². The number of carbonyl (C=O) groups is 1. The lowest BCUT2D eigenvalue weighted by Crippen LogP contribution is -2.19. The van der Waals surface area contributed by atoms with Crippen molar-refractivity contribution in [1.29, 1.82) is 5.26 Å². The molecule has 2 atom stereocenters. The Bertz CT molecular complexity index is 1510. The number of nitrogens with one attached hydrogen (secondary N) is 1. The van der Waals surface area contributed by atoms with Gasteiger partial charge in [0.15, 0.2) is 0 Å². The van der Waals surface area contributed by atoms with E-state index in [-0.39, 0.29) is 5.91 Å². The Morgan fingerprint density at radius 1 is 1.21 bits per heavy atom. The van der Waals surface area contributed by atoms with Crippen LogP contribution >= 0.6 is 34.7 Å². The summed E-state index contributed by atoms with van der Waals surface area (Å²) in [7, 11) is 0. The molecule has 2 heterocycles. The van der Waals surface area contributed by atoms with E-state index < -0.39 is 5.25 Å². The largest absolute Gasteiger partial charge is 0.315 e. The van der Waals surface area contributed by atoms with Crippen LogP contribution in [0, 0.1) is 17.2 Å². The van der Waals surface area contributed by atoms with Crippen molar-refractivity contribution >= 4 is 57.5 Å². The number of pyridine rings is 1. The van der Waals surface area contributed by atoms with Crippen LogP contribution in [-0.4, -0.2) is 17.1 Å². The molecule has 2 aromatic heterocycles. The van der Waals surface area contributed by atoms with Gasteiger partial charge >= 0.3 is 0 Å². The van der Waals surface area contributed by atoms with Crippen LogP contribution < -0.4 is 5.32 Å². The minimum Gasteiger partial charge on any atom is -0.315 e. The lowest BCUT2D eigenvalue weighted by molar-refractivity contribution is -0.115. The maximum Gasteiger partial charge on any atom is 0.243 e. The first kappa shape index (κ1) is 26.2. The average molecular weight is 557 g/mol. The molecule has 8 heteroatoms. The number of thioether (sulfide) groups is 1. The Hall–Kier alpha value is -3.44. The van der Waals surface area contributed by atoms with Crippen molar-refractivity contribution in [3.05, 3.63) is 105 Å². The highest BCUT2D eigenvalue weighted by molar-refractivity contribution is 8.00. The van der Waals surface area contributed by atoms with Gasteiger partial charge in [-0.15, -0.1) is 23.1 Å². The second-order valence-corrected chi connectivity index (χ2v) is 11.8. The van der Waals surface area contributed by atoms with Crippen molar-refractivity contribution in [3.63, 3.8) is 0 Å². The summed E-state index contributed by atoms with van der Waals surface area (Å²) in [5.41, 5.74) is 4.15. The van der Waals surface area contributed by atoms with Crippen molar-refractivity contribution in [2.45, 2.75) is 36.3 Å². The Morgan fingerprint density at radius 2 is 2.00 bits per heavy atom. The van der Waals surface area contributed by atoms with Gasteiger partial charge in [0.05, 0.1) is 11.3 Å². The molecule has 0 bridgehead atoms. The number of hydrogen-bond acceptors (Lipinski definition) is 6. The number of benzene rings is 2. The van der Waals surface area contributed by atoms with E-state index in [1.165, 1.54) is 16.6 Å². The Labute approximate surface area is 235 Å². The number of nitrogens with zero attached hydrogens (tertiary/aromatic N) is 3. The number of fused-ring (bicyclic) bond motifs is 1. The molecule has 0 saturated heterocycles. The third-order valence-corrected chi connectivity index (χ3v) is 9.18. The summed E-state index contributed by atoms with van der Waals surface area (Å²) in [5, 5.41) is 13.6. The summed E-state index contributed by atoms with van der Waals surface area (Å²) in [6, 6.07) is 23.5. The van der Waals surface area contributed by atoms with Crippen LogP contribution in [0.4, 0.5) is 10.7 Å². The van der Waals surface area contributed by atoms with E-state index >= 15 is 0 Å². The number of aromatic nitrogens is 1. The number of amides is 1. The summed E-state index contributed by atoms with van der Waals surface area (Å²) in [6.45, 7) is 2.24.